The van der Waals surface area contributed by atoms with Crippen LogP contribution in [-0.2, 0) is 6.61 Å². The van der Waals surface area contributed by atoms with Crippen LogP contribution in [0.25, 0.3) is 11.3 Å². The second-order valence-electron chi connectivity index (χ2n) is 5.36. The molecule has 1 heterocycles. The van der Waals surface area contributed by atoms with Crippen molar-refractivity contribution in [1.82, 2.24) is 4.98 Å². The summed E-state index contributed by atoms with van der Waals surface area (Å²) in [4.78, 5) is 15.7. The standard InChI is InChI=1S/C20H17NO4/c1-24-19-12-15(20(22)23)11-17(21-19)16-9-5-6-10-18(16)25-13-14-7-3-2-4-8-14/h2-12H,13H2,1H3,(H,22,23). The van der Waals surface area contributed by atoms with Gasteiger partial charge >= 0.3 is 5.97 Å². The second kappa shape index (κ2) is 7.49. The first-order valence-electron chi connectivity index (χ1n) is 7.73. The minimum atomic E-state index is -1.04. The van der Waals surface area contributed by atoms with Crippen LogP contribution in [0.4, 0.5) is 0 Å². The Morgan fingerprint density at radius 2 is 1.76 bits per heavy atom. The smallest absolute Gasteiger partial charge is 0.335 e. The van der Waals surface area contributed by atoms with Crippen LogP contribution < -0.4 is 9.47 Å². The number of ether oxygens (including phenoxy) is 2. The third kappa shape index (κ3) is 3.95. The zero-order valence-corrected chi connectivity index (χ0v) is 13.7. The maximum Gasteiger partial charge on any atom is 0.335 e. The van der Waals surface area contributed by atoms with Gasteiger partial charge in [-0.05, 0) is 23.8 Å². The van der Waals surface area contributed by atoms with Crippen LogP contribution in [0.15, 0.2) is 66.7 Å². The number of benzene rings is 2. The topological polar surface area (TPSA) is 68.7 Å². The van der Waals surface area contributed by atoms with E-state index < -0.39 is 5.97 Å². The highest BCUT2D eigenvalue weighted by Crippen LogP contribution is 2.31. The molecule has 0 aliphatic rings. The van der Waals surface area contributed by atoms with E-state index in [0.717, 1.165) is 5.56 Å². The van der Waals surface area contributed by atoms with E-state index in [2.05, 4.69) is 4.98 Å². The van der Waals surface area contributed by atoms with Gasteiger partial charge in [0.25, 0.3) is 0 Å². The summed E-state index contributed by atoms with van der Waals surface area (Å²) in [6.07, 6.45) is 0. The number of carbonyl (C=O) groups is 1. The van der Waals surface area contributed by atoms with Gasteiger partial charge in [0.1, 0.15) is 12.4 Å². The van der Waals surface area contributed by atoms with Crippen LogP contribution in [0.1, 0.15) is 15.9 Å². The van der Waals surface area contributed by atoms with Gasteiger partial charge in [0.2, 0.25) is 5.88 Å². The van der Waals surface area contributed by atoms with Crippen molar-refractivity contribution in [3.63, 3.8) is 0 Å². The lowest BCUT2D eigenvalue weighted by Gasteiger charge is -2.12. The van der Waals surface area contributed by atoms with Gasteiger partial charge in [-0.2, -0.15) is 0 Å². The Balaban J connectivity index is 1.95. The fraction of sp³-hybridized carbons (Fsp3) is 0.100. The minimum Gasteiger partial charge on any atom is -0.488 e. The molecule has 5 heteroatoms. The van der Waals surface area contributed by atoms with E-state index in [1.54, 1.807) is 0 Å². The zero-order chi connectivity index (χ0) is 17.6. The largest absolute Gasteiger partial charge is 0.488 e. The Hall–Kier alpha value is -3.34. The van der Waals surface area contributed by atoms with Gasteiger partial charge in [0.05, 0.1) is 18.4 Å². The molecule has 0 atom stereocenters. The van der Waals surface area contributed by atoms with E-state index in [1.165, 1.54) is 19.2 Å². The molecule has 0 aliphatic heterocycles. The Labute approximate surface area is 145 Å². The number of pyridine rings is 1. The number of aromatic carboxylic acids is 1. The molecular formula is C20H17NO4. The van der Waals surface area contributed by atoms with Crippen molar-refractivity contribution in [2.24, 2.45) is 0 Å². The van der Waals surface area contributed by atoms with Crippen LogP contribution in [-0.4, -0.2) is 23.2 Å². The Morgan fingerprint density at radius 3 is 2.48 bits per heavy atom. The van der Waals surface area contributed by atoms with Gasteiger partial charge in [0, 0.05) is 11.6 Å². The molecule has 0 aliphatic carbocycles. The van der Waals surface area contributed by atoms with Gasteiger partial charge < -0.3 is 14.6 Å². The van der Waals surface area contributed by atoms with E-state index in [1.807, 2.05) is 54.6 Å². The molecule has 0 saturated heterocycles. The van der Waals surface area contributed by atoms with Gasteiger partial charge in [-0.1, -0.05) is 42.5 Å². The Bertz CT molecular complexity index is 878. The van der Waals surface area contributed by atoms with Crippen molar-refractivity contribution in [2.45, 2.75) is 6.61 Å². The molecule has 0 bridgehead atoms. The van der Waals surface area contributed by atoms with Crippen LogP contribution in [0.3, 0.4) is 0 Å². The van der Waals surface area contributed by atoms with Crippen molar-refractivity contribution >= 4 is 5.97 Å². The molecule has 3 rings (SSSR count). The molecule has 0 amide bonds. The first kappa shape index (κ1) is 16.5. The molecule has 0 radical (unpaired) electrons. The molecule has 126 valence electrons. The molecule has 3 aromatic rings. The highest BCUT2D eigenvalue weighted by atomic mass is 16.5. The van der Waals surface area contributed by atoms with E-state index in [9.17, 15) is 9.90 Å². The van der Waals surface area contributed by atoms with Crippen LogP contribution in [0.5, 0.6) is 11.6 Å². The summed E-state index contributed by atoms with van der Waals surface area (Å²) >= 11 is 0. The maximum atomic E-state index is 11.3. The van der Waals surface area contributed by atoms with Gasteiger partial charge in [-0.15, -0.1) is 0 Å². The molecular weight excluding hydrogens is 318 g/mol. The fourth-order valence-electron chi connectivity index (χ4n) is 2.41. The number of hydrogen-bond acceptors (Lipinski definition) is 4. The third-order valence-corrected chi connectivity index (χ3v) is 3.66. The zero-order valence-electron chi connectivity index (χ0n) is 13.7. The van der Waals surface area contributed by atoms with Crippen LogP contribution in [0.2, 0.25) is 0 Å². The maximum absolute atomic E-state index is 11.3. The molecule has 2 aromatic carbocycles. The minimum absolute atomic E-state index is 0.111. The fourth-order valence-corrected chi connectivity index (χ4v) is 2.41. The third-order valence-electron chi connectivity index (χ3n) is 3.66. The number of para-hydroxylation sites is 1. The molecule has 1 aromatic heterocycles. The second-order valence-corrected chi connectivity index (χ2v) is 5.36. The lowest BCUT2D eigenvalue weighted by Crippen LogP contribution is -2.02. The predicted molar refractivity (Wildman–Crippen MR) is 94.0 cm³/mol. The summed E-state index contributed by atoms with van der Waals surface area (Å²) in [6.45, 7) is 0.410. The van der Waals surface area contributed by atoms with Gasteiger partial charge in [-0.25, -0.2) is 9.78 Å². The number of aromatic nitrogens is 1. The quantitative estimate of drug-likeness (QED) is 0.736. The van der Waals surface area contributed by atoms with Crippen molar-refractivity contribution < 1.29 is 19.4 Å². The Morgan fingerprint density at radius 1 is 1.04 bits per heavy atom. The first-order valence-corrected chi connectivity index (χ1v) is 7.73. The van der Waals surface area contributed by atoms with E-state index in [4.69, 9.17) is 9.47 Å². The normalized spacial score (nSPS) is 10.3. The summed E-state index contributed by atoms with van der Waals surface area (Å²) in [5.74, 6) is -0.166. The number of hydrogen-bond donors (Lipinski definition) is 1. The average Bonchev–Trinajstić information content (AvgIpc) is 2.67. The van der Waals surface area contributed by atoms with Crippen molar-refractivity contribution in [1.29, 1.82) is 0 Å². The molecule has 25 heavy (non-hydrogen) atoms. The summed E-state index contributed by atoms with van der Waals surface area (Å²) in [7, 11) is 1.45. The summed E-state index contributed by atoms with van der Waals surface area (Å²) in [6, 6.07) is 20.1. The number of carboxylic acid groups (broad SMARTS) is 1. The summed E-state index contributed by atoms with van der Waals surface area (Å²) < 4.78 is 11.0. The van der Waals surface area contributed by atoms with E-state index in [-0.39, 0.29) is 11.4 Å². The highest BCUT2D eigenvalue weighted by molar-refractivity contribution is 5.89. The predicted octanol–water partition coefficient (Wildman–Crippen LogP) is 4.03. The Kier molecular flexibility index (Phi) is 4.95. The monoisotopic (exact) mass is 335 g/mol. The van der Waals surface area contributed by atoms with Crippen LogP contribution >= 0.6 is 0 Å². The van der Waals surface area contributed by atoms with E-state index >= 15 is 0 Å². The van der Waals surface area contributed by atoms with E-state index in [0.29, 0.717) is 23.6 Å². The van der Waals surface area contributed by atoms with Gasteiger partial charge in [-0.3, -0.25) is 0 Å². The average molecular weight is 335 g/mol. The number of methoxy groups -OCH3 is 1. The van der Waals surface area contributed by atoms with Gasteiger partial charge in [0.15, 0.2) is 0 Å². The summed E-state index contributed by atoms with van der Waals surface area (Å²) in [5, 5.41) is 9.28. The van der Waals surface area contributed by atoms with Crippen molar-refractivity contribution in [3.05, 3.63) is 77.9 Å². The van der Waals surface area contributed by atoms with Crippen molar-refractivity contribution in [3.8, 4) is 22.9 Å². The number of nitrogens with zero attached hydrogens (tertiary/aromatic N) is 1. The number of carboxylic acids is 1. The molecule has 0 spiro atoms. The molecule has 0 saturated carbocycles. The number of rotatable bonds is 6. The molecule has 0 fully saturated rings. The lowest BCUT2D eigenvalue weighted by molar-refractivity contribution is 0.0696. The molecule has 1 N–H and O–H groups in total. The highest BCUT2D eigenvalue weighted by Gasteiger charge is 2.13. The SMILES string of the molecule is COc1cc(C(=O)O)cc(-c2ccccc2OCc2ccccc2)n1. The molecule has 0 unspecified atom stereocenters. The van der Waals surface area contributed by atoms with Crippen molar-refractivity contribution in [2.75, 3.05) is 7.11 Å². The first-order chi connectivity index (χ1) is 12.2. The van der Waals surface area contributed by atoms with Crippen LogP contribution in [0, 0.1) is 0 Å². The lowest BCUT2D eigenvalue weighted by atomic mass is 10.1. The summed E-state index contributed by atoms with van der Waals surface area (Å²) in [5.41, 5.74) is 2.35. The molecule has 5 nitrogen and oxygen atoms in total.